The SMILES string of the molecule is O=C(COC(=O)c1c[nH]c2ccccc12)Nc1ccc(S(=O)(=O)N2CCOCC2)cc1. The van der Waals surface area contributed by atoms with Crippen molar-refractivity contribution in [2.24, 2.45) is 0 Å². The third-order valence-electron chi connectivity index (χ3n) is 4.89. The zero-order valence-electron chi connectivity index (χ0n) is 16.5. The molecule has 2 heterocycles. The predicted octanol–water partition coefficient (Wildman–Crippen LogP) is 1.98. The minimum atomic E-state index is -3.60. The zero-order chi connectivity index (χ0) is 21.8. The first kappa shape index (κ1) is 21.0. The number of nitrogens with one attached hydrogen (secondary N) is 2. The molecule has 0 spiro atoms. The molecule has 2 N–H and O–H groups in total. The molecule has 1 aliphatic rings. The number of para-hydroxylation sites is 1. The first-order chi connectivity index (χ1) is 14.9. The highest BCUT2D eigenvalue weighted by Crippen LogP contribution is 2.20. The van der Waals surface area contributed by atoms with Gasteiger partial charge in [-0.1, -0.05) is 18.2 Å². The van der Waals surface area contributed by atoms with Gasteiger partial charge in [-0.15, -0.1) is 0 Å². The number of nitrogens with zero attached hydrogens (tertiary/aromatic N) is 1. The molecule has 0 unspecified atom stereocenters. The smallest absolute Gasteiger partial charge is 0.340 e. The van der Waals surface area contributed by atoms with E-state index in [1.165, 1.54) is 28.6 Å². The van der Waals surface area contributed by atoms with Crippen LogP contribution >= 0.6 is 0 Å². The first-order valence-corrected chi connectivity index (χ1v) is 11.1. The predicted molar refractivity (Wildman–Crippen MR) is 113 cm³/mol. The van der Waals surface area contributed by atoms with Crippen LogP contribution < -0.4 is 5.32 Å². The van der Waals surface area contributed by atoms with Crippen LogP contribution in [0.2, 0.25) is 0 Å². The number of amides is 1. The molecule has 31 heavy (non-hydrogen) atoms. The van der Waals surface area contributed by atoms with E-state index in [1.54, 1.807) is 12.3 Å². The molecule has 10 heteroatoms. The maximum Gasteiger partial charge on any atom is 0.340 e. The van der Waals surface area contributed by atoms with Crippen LogP contribution in [0, 0.1) is 0 Å². The van der Waals surface area contributed by atoms with Crippen LogP contribution in [0.1, 0.15) is 10.4 Å². The Labute approximate surface area is 179 Å². The fourth-order valence-electron chi connectivity index (χ4n) is 3.29. The van der Waals surface area contributed by atoms with Gasteiger partial charge in [-0.25, -0.2) is 13.2 Å². The number of rotatable bonds is 6. The summed E-state index contributed by atoms with van der Waals surface area (Å²) in [5.41, 5.74) is 1.54. The van der Waals surface area contributed by atoms with Crippen LogP contribution in [-0.4, -0.2) is 62.5 Å². The number of esters is 1. The number of aromatic nitrogens is 1. The Morgan fingerprint density at radius 1 is 1.06 bits per heavy atom. The molecule has 0 bridgehead atoms. The van der Waals surface area contributed by atoms with Crippen LogP contribution in [0.25, 0.3) is 10.9 Å². The summed E-state index contributed by atoms with van der Waals surface area (Å²) in [5.74, 6) is -1.14. The molecular formula is C21H21N3O6S. The number of carbonyl (C=O) groups excluding carboxylic acids is 2. The highest BCUT2D eigenvalue weighted by atomic mass is 32.2. The van der Waals surface area contributed by atoms with Gasteiger partial charge in [-0.05, 0) is 30.3 Å². The Bertz CT molecular complexity index is 1200. The fraction of sp³-hybridized carbons (Fsp3) is 0.238. The second-order valence-electron chi connectivity index (χ2n) is 6.91. The van der Waals surface area contributed by atoms with E-state index >= 15 is 0 Å². The largest absolute Gasteiger partial charge is 0.452 e. The van der Waals surface area contributed by atoms with Crippen LogP contribution in [0.4, 0.5) is 5.69 Å². The minimum absolute atomic E-state index is 0.137. The summed E-state index contributed by atoms with van der Waals surface area (Å²) in [6, 6.07) is 13.1. The van der Waals surface area contributed by atoms with E-state index in [0.29, 0.717) is 42.9 Å². The van der Waals surface area contributed by atoms with Crippen molar-refractivity contribution >= 4 is 38.5 Å². The van der Waals surface area contributed by atoms with E-state index in [-0.39, 0.29) is 4.90 Å². The molecule has 3 aromatic rings. The number of carbonyl (C=O) groups is 2. The maximum atomic E-state index is 12.6. The van der Waals surface area contributed by atoms with Crippen LogP contribution in [0.5, 0.6) is 0 Å². The lowest BCUT2D eigenvalue weighted by atomic mass is 10.2. The van der Waals surface area contributed by atoms with E-state index in [1.807, 2.05) is 18.2 Å². The van der Waals surface area contributed by atoms with Crippen LogP contribution in [0.15, 0.2) is 59.6 Å². The average Bonchev–Trinajstić information content (AvgIpc) is 3.23. The van der Waals surface area contributed by atoms with Crippen molar-refractivity contribution in [2.75, 3.05) is 38.2 Å². The number of morpholine rings is 1. The summed E-state index contributed by atoms with van der Waals surface area (Å²) in [6.45, 7) is 0.882. The van der Waals surface area contributed by atoms with Crippen molar-refractivity contribution in [1.29, 1.82) is 0 Å². The Morgan fingerprint density at radius 2 is 1.77 bits per heavy atom. The molecule has 4 rings (SSSR count). The summed E-state index contributed by atoms with van der Waals surface area (Å²) >= 11 is 0. The summed E-state index contributed by atoms with van der Waals surface area (Å²) in [7, 11) is -3.60. The van der Waals surface area contributed by atoms with Gasteiger partial charge in [0, 0.05) is 35.9 Å². The molecule has 9 nitrogen and oxygen atoms in total. The van der Waals surface area contributed by atoms with Gasteiger partial charge in [0.2, 0.25) is 10.0 Å². The molecule has 1 amide bonds. The standard InChI is InChI=1S/C21H21N3O6S/c25-20(14-30-21(26)18-13-22-19-4-2-1-3-17(18)19)23-15-5-7-16(8-6-15)31(27,28)24-9-11-29-12-10-24/h1-8,13,22H,9-12,14H2,(H,23,25). The number of ether oxygens (including phenoxy) is 2. The third kappa shape index (κ3) is 4.61. The van der Waals surface area contributed by atoms with E-state index < -0.39 is 28.5 Å². The minimum Gasteiger partial charge on any atom is -0.452 e. The van der Waals surface area contributed by atoms with E-state index in [0.717, 1.165) is 5.52 Å². The van der Waals surface area contributed by atoms with E-state index in [2.05, 4.69) is 10.3 Å². The fourth-order valence-corrected chi connectivity index (χ4v) is 4.70. The normalized spacial score (nSPS) is 15.0. The summed E-state index contributed by atoms with van der Waals surface area (Å²) in [4.78, 5) is 27.5. The van der Waals surface area contributed by atoms with Crippen molar-refractivity contribution in [3.63, 3.8) is 0 Å². The van der Waals surface area contributed by atoms with Crippen molar-refractivity contribution < 1.29 is 27.5 Å². The summed E-state index contributed by atoms with van der Waals surface area (Å²) in [6.07, 6.45) is 1.54. The summed E-state index contributed by atoms with van der Waals surface area (Å²) in [5, 5.41) is 3.30. The third-order valence-corrected chi connectivity index (χ3v) is 6.80. The number of benzene rings is 2. The number of fused-ring (bicyclic) bond motifs is 1. The Kier molecular flexibility index (Phi) is 6.03. The van der Waals surface area contributed by atoms with Crippen LogP contribution in [0.3, 0.4) is 0 Å². The number of hydrogen-bond donors (Lipinski definition) is 2. The average molecular weight is 443 g/mol. The Balaban J connectivity index is 1.34. The zero-order valence-corrected chi connectivity index (χ0v) is 17.4. The Morgan fingerprint density at radius 3 is 2.52 bits per heavy atom. The molecule has 0 radical (unpaired) electrons. The van der Waals surface area contributed by atoms with Gasteiger partial charge in [0.1, 0.15) is 0 Å². The van der Waals surface area contributed by atoms with Crippen molar-refractivity contribution in [3.8, 4) is 0 Å². The molecule has 2 aromatic carbocycles. The lowest BCUT2D eigenvalue weighted by Crippen LogP contribution is -2.40. The van der Waals surface area contributed by atoms with Crippen molar-refractivity contribution in [1.82, 2.24) is 9.29 Å². The van der Waals surface area contributed by atoms with Crippen molar-refractivity contribution in [3.05, 3.63) is 60.3 Å². The molecule has 1 aliphatic heterocycles. The summed E-state index contributed by atoms with van der Waals surface area (Å²) < 4.78 is 36.9. The van der Waals surface area contributed by atoms with E-state index in [4.69, 9.17) is 9.47 Å². The highest BCUT2D eigenvalue weighted by molar-refractivity contribution is 7.89. The quantitative estimate of drug-likeness (QED) is 0.563. The van der Waals surface area contributed by atoms with Crippen molar-refractivity contribution in [2.45, 2.75) is 4.90 Å². The number of aromatic amines is 1. The second-order valence-corrected chi connectivity index (χ2v) is 8.85. The van der Waals surface area contributed by atoms with Gasteiger partial charge >= 0.3 is 5.97 Å². The molecule has 1 fully saturated rings. The van der Waals surface area contributed by atoms with E-state index in [9.17, 15) is 18.0 Å². The van der Waals surface area contributed by atoms with Gasteiger partial charge in [0.15, 0.2) is 6.61 Å². The number of hydrogen-bond acceptors (Lipinski definition) is 6. The molecule has 0 aliphatic carbocycles. The molecular weight excluding hydrogens is 422 g/mol. The molecule has 1 aromatic heterocycles. The second kappa shape index (κ2) is 8.88. The van der Waals surface area contributed by atoms with Gasteiger partial charge in [0.25, 0.3) is 5.91 Å². The highest BCUT2D eigenvalue weighted by Gasteiger charge is 2.26. The number of sulfonamides is 1. The van der Waals surface area contributed by atoms with Gasteiger partial charge in [0.05, 0.1) is 23.7 Å². The van der Waals surface area contributed by atoms with Gasteiger partial charge in [-0.3, -0.25) is 4.79 Å². The number of anilines is 1. The number of H-pyrrole nitrogens is 1. The van der Waals surface area contributed by atoms with Crippen LogP contribution in [-0.2, 0) is 24.3 Å². The monoisotopic (exact) mass is 443 g/mol. The lowest BCUT2D eigenvalue weighted by molar-refractivity contribution is -0.119. The molecule has 1 saturated heterocycles. The maximum absolute atomic E-state index is 12.6. The molecule has 162 valence electrons. The molecule has 0 atom stereocenters. The Hall–Kier alpha value is -3.21. The first-order valence-electron chi connectivity index (χ1n) is 9.66. The molecule has 0 saturated carbocycles. The van der Waals surface area contributed by atoms with Gasteiger partial charge in [-0.2, -0.15) is 4.31 Å². The van der Waals surface area contributed by atoms with Gasteiger partial charge < -0.3 is 19.8 Å². The lowest BCUT2D eigenvalue weighted by Gasteiger charge is -2.26. The topological polar surface area (TPSA) is 118 Å².